The topological polar surface area (TPSA) is 78.3 Å². The predicted molar refractivity (Wildman–Crippen MR) is 135 cm³/mol. The maximum Gasteiger partial charge on any atom is 0.119 e. The van der Waals surface area contributed by atoms with Gasteiger partial charge in [-0.2, -0.15) is 5.10 Å². The number of hydrogen-bond acceptors (Lipinski definition) is 5. The van der Waals surface area contributed by atoms with Crippen molar-refractivity contribution in [2.24, 2.45) is 10.7 Å². The first kappa shape index (κ1) is 22.9. The van der Waals surface area contributed by atoms with Gasteiger partial charge >= 0.3 is 0 Å². The highest BCUT2D eigenvalue weighted by Gasteiger charge is 2.26. The summed E-state index contributed by atoms with van der Waals surface area (Å²) in [6.07, 6.45) is 14.2. The van der Waals surface area contributed by atoms with Crippen LogP contribution < -0.4 is 5.73 Å². The second kappa shape index (κ2) is 10.6. The van der Waals surface area contributed by atoms with Crippen molar-refractivity contribution < 1.29 is 4.74 Å². The number of pyridine rings is 1. The molecule has 0 saturated heterocycles. The van der Waals surface area contributed by atoms with E-state index in [1.165, 1.54) is 16.8 Å². The van der Waals surface area contributed by atoms with Crippen LogP contribution in [0.2, 0.25) is 0 Å². The molecule has 2 aliphatic rings. The van der Waals surface area contributed by atoms with Crippen LogP contribution in [-0.4, -0.2) is 33.6 Å². The van der Waals surface area contributed by atoms with Gasteiger partial charge in [-0.05, 0) is 88.4 Å². The average Bonchev–Trinajstić information content (AvgIpc) is 3.42. The molecule has 33 heavy (non-hydrogen) atoms. The van der Waals surface area contributed by atoms with Crippen LogP contribution in [0.4, 0.5) is 0 Å². The number of aryl methyl sites for hydroxylation is 1. The fourth-order valence-electron chi connectivity index (χ4n) is 4.20. The maximum absolute atomic E-state index is 5.75. The van der Waals surface area contributed by atoms with Crippen LogP contribution in [0.3, 0.4) is 0 Å². The molecule has 0 saturated carbocycles. The zero-order valence-electron chi connectivity index (χ0n) is 19.8. The van der Waals surface area contributed by atoms with E-state index in [1.54, 1.807) is 6.20 Å². The Hall–Kier alpha value is -3.25. The zero-order chi connectivity index (χ0) is 23.2. The van der Waals surface area contributed by atoms with Gasteiger partial charge in [-0.15, -0.1) is 0 Å². The van der Waals surface area contributed by atoms with E-state index in [4.69, 9.17) is 20.6 Å². The van der Waals surface area contributed by atoms with Gasteiger partial charge in [0.2, 0.25) is 0 Å². The largest absolute Gasteiger partial charge is 0.497 e. The molecule has 0 amide bonds. The molecule has 2 N–H and O–H groups in total. The molecule has 0 fully saturated rings. The second-order valence-electron chi connectivity index (χ2n) is 8.66. The SMILES string of the molecule is CC(C)=C1C=C(c2c(-c3ccccn3)nn3c2CCC3)C=CC1=N/C=C(\C)OCCCCN. The number of ether oxygens (including phenoxy) is 1. The molecule has 2 aromatic heterocycles. The fraction of sp³-hybridized carbons (Fsp3) is 0.370. The summed E-state index contributed by atoms with van der Waals surface area (Å²) < 4.78 is 7.90. The van der Waals surface area contributed by atoms with Crippen LogP contribution in [0.5, 0.6) is 0 Å². The van der Waals surface area contributed by atoms with Gasteiger partial charge in [-0.3, -0.25) is 14.7 Å². The molecule has 3 heterocycles. The molecule has 0 atom stereocenters. The summed E-state index contributed by atoms with van der Waals surface area (Å²) in [6, 6.07) is 5.99. The quantitative estimate of drug-likeness (QED) is 0.447. The first-order valence-electron chi connectivity index (χ1n) is 11.7. The molecule has 0 unspecified atom stereocenters. The summed E-state index contributed by atoms with van der Waals surface area (Å²) in [5.74, 6) is 0.808. The first-order chi connectivity index (χ1) is 16.1. The molecule has 4 rings (SSSR count). The lowest BCUT2D eigenvalue weighted by Gasteiger charge is -2.15. The summed E-state index contributed by atoms with van der Waals surface area (Å²) in [6.45, 7) is 8.52. The van der Waals surface area contributed by atoms with Crippen molar-refractivity contribution in [2.75, 3.05) is 13.2 Å². The highest BCUT2D eigenvalue weighted by atomic mass is 16.5. The van der Waals surface area contributed by atoms with Gasteiger partial charge in [0.1, 0.15) is 11.5 Å². The molecule has 6 nitrogen and oxygen atoms in total. The van der Waals surface area contributed by atoms with Gasteiger partial charge in [0.05, 0.1) is 24.2 Å². The van der Waals surface area contributed by atoms with Gasteiger partial charge < -0.3 is 10.5 Å². The molecule has 2 aromatic rings. The number of nitrogens with two attached hydrogens (primary N) is 1. The van der Waals surface area contributed by atoms with Crippen LogP contribution >= 0.6 is 0 Å². The van der Waals surface area contributed by atoms with Crippen molar-refractivity contribution in [3.8, 4) is 11.4 Å². The summed E-state index contributed by atoms with van der Waals surface area (Å²) in [4.78, 5) is 9.32. The number of fused-ring (bicyclic) bond motifs is 1. The minimum Gasteiger partial charge on any atom is -0.497 e. The Kier molecular flexibility index (Phi) is 7.35. The molecule has 0 spiro atoms. The van der Waals surface area contributed by atoms with Gasteiger partial charge in [0, 0.05) is 24.0 Å². The molecule has 6 heteroatoms. The lowest BCUT2D eigenvalue weighted by molar-refractivity contribution is 0.208. The number of aliphatic imine (C=N–C) groups is 1. The highest BCUT2D eigenvalue weighted by Crippen LogP contribution is 2.36. The molecular weight excluding hydrogens is 410 g/mol. The van der Waals surface area contributed by atoms with Gasteiger partial charge in [0.25, 0.3) is 0 Å². The Morgan fingerprint density at radius 3 is 2.85 bits per heavy atom. The van der Waals surface area contributed by atoms with E-state index < -0.39 is 0 Å². The molecule has 0 bridgehead atoms. The minimum atomic E-state index is 0.669. The van der Waals surface area contributed by atoms with Crippen LogP contribution in [0, 0.1) is 0 Å². The summed E-state index contributed by atoms with van der Waals surface area (Å²) in [5.41, 5.74) is 14.3. The number of rotatable bonds is 8. The number of nitrogens with zero attached hydrogens (tertiary/aromatic N) is 4. The maximum atomic E-state index is 5.75. The third-order valence-corrected chi connectivity index (χ3v) is 5.89. The molecular formula is C27H33N5O. The zero-order valence-corrected chi connectivity index (χ0v) is 19.8. The third-order valence-electron chi connectivity index (χ3n) is 5.89. The van der Waals surface area contributed by atoms with Crippen molar-refractivity contribution in [3.05, 3.63) is 77.0 Å². The molecule has 172 valence electrons. The van der Waals surface area contributed by atoms with Gasteiger partial charge in [-0.1, -0.05) is 17.7 Å². The molecule has 0 radical (unpaired) electrons. The van der Waals surface area contributed by atoms with E-state index in [0.29, 0.717) is 13.2 Å². The van der Waals surface area contributed by atoms with Gasteiger partial charge in [-0.25, -0.2) is 0 Å². The van der Waals surface area contributed by atoms with Crippen molar-refractivity contribution in [2.45, 2.75) is 53.0 Å². The van der Waals surface area contributed by atoms with E-state index in [1.807, 2.05) is 31.3 Å². The lowest BCUT2D eigenvalue weighted by atomic mass is 9.90. The molecule has 0 aromatic carbocycles. The second-order valence-corrected chi connectivity index (χ2v) is 8.66. The lowest BCUT2D eigenvalue weighted by Crippen LogP contribution is -2.05. The Bertz CT molecular complexity index is 1140. The van der Waals surface area contributed by atoms with E-state index in [0.717, 1.165) is 66.2 Å². The number of unbranched alkanes of at least 4 members (excludes halogenated alkanes) is 1. The standard InChI is InChI=1S/C27H33N5O/c1-19(2)22-17-21(11-12-23(22)30-18-20(3)33-16-7-5-13-28)26-25-10-8-15-32(25)31-27(26)24-9-4-6-14-29-24/h4,6,9,11-12,14,17-18H,5,7-8,10,13,15-16,28H2,1-3H3/b20-18+,30-23?. The van der Waals surface area contributed by atoms with E-state index in [9.17, 15) is 0 Å². The van der Waals surface area contributed by atoms with Crippen LogP contribution in [0.1, 0.15) is 51.3 Å². The normalized spacial score (nSPS) is 16.8. The van der Waals surface area contributed by atoms with Crippen LogP contribution in [-0.2, 0) is 17.7 Å². The van der Waals surface area contributed by atoms with E-state index in [-0.39, 0.29) is 0 Å². The summed E-state index contributed by atoms with van der Waals surface area (Å²) >= 11 is 0. The van der Waals surface area contributed by atoms with Crippen molar-refractivity contribution in [1.82, 2.24) is 14.8 Å². The summed E-state index contributed by atoms with van der Waals surface area (Å²) in [5, 5.41) is 4.93. The highest BCUT2D eigenvalue weighted by molar-refractivity contribution is 6.16. The van der Waals surface area contributed by atoms with Crippen LogP contribution in [0.15, 0.2) is 70.7 Å². The van der Waals surface area contributed by atoms with Crippen molar-refractivity contribution in [3.63, 3.8) is 0 Å². The average molecular weight is 444 g/mol. The Morgan fingerprint density at radius 1 is 1.21 bits per heavy atom. The Labute approximate surface area is 196 Å². The van der Waals surface area contributed by atoms with Crippen molar-refractivity contribution >= 4 is 11.3 Å². The number of aromatic nitrogens is 3. The van der Waals surface area contributed by atoms with Crippen LogP contribution in [0.25, 0.3) is 17.0 Å². The Balaban J connectivity index is 1.65. The van der Waals surface area contributed by atoms with E-state index >= 15 is 0 Å². The minimum absolute atomic E-state index is 0.669. The molecule has 1 aliphatic carbocycles. The summed E-state index contributed by atoms with van der Waals surface area (Å²) in [7, 11) is 0. The molecule has 1 aliphatic heterocycles. The first-order valence-corrected chi connectivity index (χ1v) is 11.7. The monoisotopic (exact) mass is 443 g/mol. The Morgan fingerprint density at radius 2 is 2.09 bits per heavy atom. The number of hydrogen-bond donors (Lipinski definition) is 1. The van der Waals surface area contributed by atoms with E-state index in [2.05, 4.69) is 41.7 Å². The fourth-order valence-corrected chi connectivity index (χ4v) is 4.20. The smallest absolute Gasteiger partial charge is 0.119 e. The predicted octanol–water partition coefficient (Wildman–Crippen LogP) is 5.24. The van der Waals surface area contributed by atoms with Crippen molar-refractivity contribution in [1.29, 1.82) is 0 Å². The van der Waals surface area contributed by atoms with Gasteiger partial charge in [0.15, 0.2) is 0 Å². The third kappa shape index (κ3) is 5.22. The number of allylic oxidation sites excluding steroid dienone is 7.